The Kier molecular flexibility index (Phi) is 6.59. The lowest BCUT2D eigenvalue weighted by Gasteiger charge is -2.36. The number of piperazine rings is 1. The molecule has 0 spiro atoms. The number of rotatable bonds is 4. The van der Waals surface area contributed by atoms with E-state index < -0.39 is 0 Å². The minimum atomic E-state index is 0.298. The fourth-order valence-corrected chi connectivity index (χ4v) is 4.22. The minimum Gasteiger partial charge on any atom is -0.378 e. The summed E-state index contributed by atoms with van der Waals surface area (Å²) in [6, 6.07) is 2.09. The first-order valence-electron chi connectivity index (χ1n) is 10.7. The highest BCUT2D eigenvalue weighted by molar-refractivity contribution is 5.78. The van der Waals surface area contributed by atoms with E-state index in [0.717, 1.165) is 90.0 Å². The Labute approximate surface area is 167 Å². The van der Waals surface area contributed by atoms with E-state index in [0.29, 0.717) is 12.5 Å². The molecule has 0 radical (unpaired) electrons. The third-order valence-electron chi connectivity index (χ3n) is 5.99. The van der Waals surface area contributed by atoms with Crippen molar-refractivity contribution >= 4 is 17.5 Å². The summed E-state index contributed by atoms with van der Waals surface area (Å²) in [6.45, 7) is 9.27. The highest BCUT2D eigenvalue weighted by atomic mass is 16.5. The van der Waals surface area contributed by atoms with Gasteiger partial charge in [0.25, 0.3) is 0 Å². The number of aromatic nitrogens is 2. The standard InChI is InChI=1S/C20H32N6O2/c27-20(26-5-3-1-2-4-6-26)16-23-7-9-24(10-8-23)18-15-19(22-17-21-18)25-11-13-28-14-12-25/h15,17H,1-14,16H2. The van der Waals surface area contributed by atoms with Gasteiger partial charge in [-0.2, -0.15) is 0 Å². The van der Waals surface area contributed by atoms with E-state index >= 15 is 0 Å². The zero-order valence-corrected chi connectivity index (χ0v) is 16.8. The van der Waals surface area contributed by atoms with Gasteiger partial charge in [0.1, 0.15) is 18.0 Å². The Morgan fingerprint density at radius 3 is 2.07 bits per heavy atom. The second kappa shape index (κ2) is 9.52. The number of hydrogen-bond donors (Lipinski definition) is 0. The van der Waals surface area contributed by atoms with Crippen molar-refractivity contribution in [2.45, 2.75) is 25.7 Å². The van der Waals surface area contributed by atoms with Gasteiger partial charge in [-0.15, -0.1) is 0 Å². The quantitative estimate of drug-likeness (QED) is 0.757. The molecule has 4 rings (SSSR count). The number of anilines is 2. The summed E-state index contributed by atoms with van der Waals surface area (Å²) in [4.78, 5) is 30.5. The van der Waals surface area contributed by atoms with Gasteiger partial charge in [0, 0.05) is 58.4 Å². The molecular formula is C20H32N6O2. The Bertz CT molecular complexity index is 635. The van der Waals surface area contributed by atoms with E-state index in [1.807, 2.05) is 0 Å². The van der Waals surface area contributed by atoms with Crippen LogP contribution in [0, 0.1) is 0 Å². The number of ether oxygens (including phenoxy) is 1. The predicted molar refractivity (Wildman–Crippen MR) is 109 cm³/mol. The molecule has 3 saturated heterocycles. The summed E-state index contributed by atoms with van der Waals surface area (Å²) >= 11 is 0. The second-order valence-corrected chi connectivity index (χ2v) is 7.89. The molecule has 8 nitrogen and oxygen atoms in total. The second-order valence-electron chi connectivity index (χ2n) is 7.89. The summed E-state index contributed by atoms with van der Waals surface area (Å²) in [5.41, 5.74) is 0. The van der Waals surface area contributed by atoms with Gasteiger partial charge < -0.3 is 19.4 Å². The molecule has 3 aliphatic rings. The first-order chi connectivity index (χ1) is 13.8. The van der Waals surface area contributed by atoms with E-state index in [1.54, 1.807) is 6.33 Å². The number of carbonyl (C=O) groups is 1. The molecule has 0 aliphatic carbocycles. The van der Waals surface area contributed by atoms with Crippen molar-refractivity contribution in [1.82, 2.24) is 19.8 Å². The van der Waals surface area contributed by atoms with E-state index in [1.165, 1.54) is 12.8 Å². The largest absolute Gasteiger partial charge is 0.378 e. The van der Waals surface area contributed by atoms with E-state index in [4.69, 9.17) is 4.74 Å². The maximum absolute atomic E-state index is 12.6. The van der Waals surface area contributed by atoms with E-state index in [-0.39, 0.29) is 0 Å². The van der Waals surface area contributed by atoms with Gasteiger partial charge in [0.2, 0.25) is 5.91 Å². The molecule has 8 heteroatoms. The maximum Gasteiger partial charge on any atom is 0.236 e. The SMILES string of the molecule is O=C(CN1CCN(c2cc(N3CCOCC3)ncn2)CC1)N1CCCCCC1. The van der Waals surface area contributed by atoms with Crippen LogP contribution in [0.5, 0.6) is 0 Å². The molecule has 3 fully saturated rings. The van der Waals surface area contributed by atoms with Gasteiger partial charge in [-0.1, -0.05) is 12.8 Å². The van der Waals surface area contributed by atoms with Crippen LogP contribution < -0.4 is 9.80 Å². The molecule has 4 heterocycles. The Balaban J connectivity index is 1.28. The highest BCUT2D eigenvalue weighted by Crippen LogP contribution is 2.20. The minimum absolute atomic E-state index is 0.298. The number of carbonyl (C=O) groups excluding carboxylic acids is 1. The first kappa shape index (κ1) is 19.4. The van der Waals surface area contributed by atoms with Crippen molar-refractivity contribution in [3.63, 3.8) is 0 Å². The van der Waals surface area contributed by atoms with E-state index in [9.17, 15) is 4.79 Å². The van der Waals surface area contributed by atoms with Gasteiger partial charge in [0.15, 0.2) is 0 Å². The summed E-state index contributed by atoms with van der Waals surface area (Å²) in [5, 5.41) is 0. The van der Waals surface area contributed by atoms with Crippen LogP contribution in [0.4, 0.5) is 11.6 Å². The number of morpholine rings is 1. The molecule has 1 aromatic heterocycles. The molecular weight excluding hydrogens is 356 g/mol. The van der Waals surface area contributed by atoms with Gasteiger partial charge in [-0.3, -0.25) is 9.69 Å². The molecule has 0 aromatic carbocycles. The van der Waals surface area contributed by atoms with Gasteiger partial charge in [-0.25, -0.2) is 9.97 Å². The first-order valence-corrected chi connectivity index (χ1v) is 10.7. The summed E-state index contributed by atoms with van der Waals surface area (Å²) in [6.07, 6.45) is 6.48. The Morgan fingerprint density at radius 1 is 0.821 bits per heavy atom. The van der Waals surface area contributed by atoms with Crippen LogP contribution in [0.25, 0.3) is 0 Å². The Morgan fingerprint density at radius 2 is 1.43 bits per heavy atom. The van der Waals surface area contributed by atoms with Crippen molar-refractivity contribution in [2.75, 3.05) is 81.9 Å². The topological polar surface area (TPSA) is 65.0 Å². The maximum atomic E-state index is 12.6. The van der Waals surface area contributed by atoms with Crippen molar-refractivity contribution in [1.29, 1.82) is 0 Å². The number of hydrogen-bond acceptors (Lipinski definition) is 7. The molecule has 154 valence electrons. The zero-order chi connectivity index (χ0) is 19.2. The fraction of sp³-hybridized carbons (Fsp3) is 0.750. The average molecular weight is 389 g/mol. The monoisotopic (exact) mass is 388 g/mol. The summed E-state index contributed by atoms with van der Waals surface area (Å²) in [7, 11) is 0. The van der Waals surface area contributed by atoms with Crippen LogP contribution in [-0.2, 0) is 9.53 Å². The van der Waals surface area contributed by atoms with Gasteiger partial charge in [-0.05, 0) is 12.8 Å². The molecule has 0 saturated carbocycles. The van der Waals surface area contributed by atoms with Crippen LogP contribution >= 0.6 is 0 Å². The summed E-state index contributed by atoms with van der Waals surface area (Å²) < 4.78 is 5.43. The normalized spacial score (nSPS) is 22.2. The highest BCUT2D eigenvalue weighted by Gasteiger charge is 2.23. The lowest BCUT2D eigenvalue weighted by Crippen LogP contribution is -2.50. The van der Waals surface area contributed by atoms with Crippen molar-refractivity contribution in [3.8, 4) is 0 Å². The van der Waals surface area contributed by atoms with E-state index in [2.05, 4.69) is 35.6 Å². The summed E-state index contributed by atoms with van der Waals surface area (Å²) in [5.74, 6) is 2.26. The van der Waals surface area contributed by atoms with Gasteiger partial charge in [0.05, 0.1) is 19.8 Å². The smallest absolute Gasteiger partial charge is 0.236 e. The molecule has 1 aromatic rings. The van der Waals surface area contributed by atoms with Crippen molar-refractivity contribution in [3.05, 3.63) is 12.4 Å². The van der Waals surface area contributed by atoms with Crippen LogP contribution in [0.2, 0.25) is 0 Å². The van der Waals surface area contributed by atoms with Crippen LogP contribution in [0.1, 0.15) is 25.7 Å². The predicted octanol–water partition coefficient (Wildman–Crippen LogP) is 0.838. The fourth-order valence-electron chi connectivity index (χ4n) is 4.22. The van der Waals surface area contributed by atoms with Crippen molar-refractivity contribution in [2.24, 2.45) is 0 Å². The Hall–Kier alpha value is -1.93. The molecule has 0 atom stereocenters. The van der Waals surface area contributed by atoms with Crippen molar-refractivity contribution < 1.29 is 9.53 Å². The lowest BCUT2D eigenvalue weighted by molar-refractivity contribution is -0.132. The third-order valence-corrected chi connectivity index (χ3v) is 5.99. The average Bonchev–Trinajstić information content (AvgIpc) is 3.05. The zero-order valence-electron chi connectivity index (χ0n) is 16.8. The number of amides is 1. The molecule has 0 N–H and O–H groups in total. The third kappa shape index (κ3) is 4.91. The van der Waals surface area contributed by atoms with Crippen LogP contribution in [0.15, 0.2) is 12.4 Å². The molecule has 0 bridgehead atoms. The molecule has 1 amide bonds. The number of nitrogens with zero attached hydrogens (tertiary/aromatic N) is 6. The van der Waals surface area contributed by atoms with Crippen LogP contribution in [0.3, 0.4) is 0 Å². The molecule has 28 heavy (non-hydrogen) atoms. The lowest BCUT2D eigenvalue weighted by atomic mass is 10.2. The number of likely N-dealkylation sites (tertiary alicyclic amines) is 1. The molecule has 0 unspecified atom stereocenters. The van der Waals surface area contributed by atoms with Crippen LogP contribution in [-0.4, -0.2) is 97.8 Å². The molecule has 3 aliphatic heterocycles. The van der Waals surface area contributed by atoms with Gasteiger partial charge >= 0.3 is 0 Å².